The van der Waals surface area contributed by atoms with Crippen LogP contribution >= 0.6 is 22.9 Å². The maximum atomic E-state index is 6.17. The van der Waals surface area contributed by atoms with Crippen LogP contribution in [-0.4, -0.2) is 0 Å². The van der Waals surface area contributed by atoms with Crippen molar-refractivity contribution < 1.29 is 0 Å². The minimum Gasteiger partial charge on any atom is -0.271 e. The van der Waals surface area contributed by atoms with Crippen molar-refractivity contribution in [3.8, 4) is 0 Å². The second kappa shape index (κ2) is 4.42. The van der Waals surface area contributed by atoms with E-state index in [0.717, 1.165) is 5.02 Å². The largest absolute Gasteiger partial charge is 0.271 e. The first kappa shape index (κ1) is 11.4. The topological polar surface area (TPSA) is 38.0 Å². The van der Waals surface area contributed by atoms with E-state index < -0.39 is 0 Å². The van der Waals surface area contributed by atoms with Crippen LogP contribution in [0.15, 0.2) is 11.4 Å². The van der Waals surface area contributed by atoms with Crippen LogP contribution < -0.4 is 11.3 Å². The summed E-state index contributed by atoms with van der Waals surface area (Å²) in [6, 6.07) is 2.15. The number of thiophene rings is 1. The van der Waals surface area contributed by atoms with Crippen LogP contribution in [0.4, 0.5) is 0 Å². The Morgan fingerprint density at radius 3 is 2.67 bits per heavy atom. The van der Waals surface area contributed by atoms with Gasteiger partial charge in [-0.25, -0.2) is 0 Å². The molecule has 2 rings (SSSR count). The van der Waals surface area contributed by atoms with E-state index in [0.29, 0.717) is 0 Å². The molecule has 0 radical (unpaired) electrons. The third kappa shape index (κ3) is 2.07. The predicted octanol–water partition coefficient (Wildman–Crippen LogP) is 3.49. The zero-order valence-corrected chi connectivity index (χ0v) is 10.5. The first-order chi connectivity index (χ1) is 7.17. The van der Waals surface area contributed by atoms with Gasteiger partial charge in [0, 0.05) is 4.88 Å². The molecule has 1 aliphatic rings. The Kier molecular flexibility index (Phi) is 3.36. The molecule has 1 aromatic heterocycles. The number of nitrogens with two attached hydrogens (primary N) is 1. The third-order valence-electron chi connectivity index (χ3n) is 3.52. The highest BCUT2D eigenvalue weighted by Crippen LogP contribution is 2.49. The van der Waals surface area contributed by atoms with Crippen LogP contribution in [0.3, 0.4) is 0 Å². The molecule has 2 nitrogen and oxygen atoms in total. The van der Waals surface area contributed by atoms with Gasteiger partial charge < -0.3 is 0 Å². The molecule has 1 saturated carbocycles. The Labute approximate surface area is 99.8 Å². The lowest BCUT2D eigenvalue weighted by molar-refractivity contribution is 0.228. The molecule has 1 atom stereocenters. The van der Waals surface area contributed by atoms with Crippen LogP contribution in [0.5, 0.6) is 0 Å². The van der Waals surface area contributed by atoms with Gasteiger partial charge >= 0.3 is 0 Å². The summed E-state index contributed by atoms with van der Waals surface area (Å²) in [5.74, 6) is 5.70. The number of halogens is 1. The van der Waals surface area contributed by atoms with Gasteiger partial charge in [0.25, 0.3) is 0 Å². The van der Waals surface area contributed by atoms with Gasteiger partial charge in [0.2, 0.25) is 0 Å². The number of hydrogen-bond acceptors (Lipinski definition) is 3. The van der Waals surface area contributed by atoms with Gasteiger partial charge in [-0.1, -0.05) is 31.4 Å². The minimum absolute atomic E-state index is 0.201. The molecule has 0 bridgehead atoms. The van der Waals surface area contributed by atoms with Crippen LogP contribution in [0, 0.1) is 5.41 Å². The van der Waals surface area contributed by atoms with Crippen LogP contribution in [0.25, 0.3) is 0 Å². The van der Waals surface area contributed by atoms with Crippen molar-refractivity contribution in [2.75, 3.05) is 0 Å². The molecule has 1 aromatic rings. The SMILES string of the molecule is CC1(C(NN)c2sccc2Cl)CCCC1. The third-order valence-corrected chi connectivity index (χ3v) is 4.94. The monoisotopic (exact) mass is 244 g/mol. The molecular weight excluding hydrogens is 228 g/mol. The Bertz CT molecular complexity index is 331. The first-order valence-electron chi connectivity index (χ1n) is 5.36. The van der Waals surface area contributed by atoms with Crippen molar-refractivity contribution in [3.63, 3.8) is 0 Å². The summed E-state index contributed by atoms with van der Waals surface area (Å²) in [5.41, 5.74) is 3.22. The standard InChI is InChI=1S/C11H17ClN2S/c1-11(5-2-3-6-11)10(14-13)9-8(12)4-7-15-9/h4,7,10,14H,2-3,5-6,13H2,1H3. The lowest BCUT2D eigenvalue weighted by atomic mass is 9.80. The quantitative estimate of drug-likeness (QED) is 0.631. The number of rotatable bonds is 3. The normalized spacial score (nSPS) is 21.8. The molecule has 0 amide bonds. The molecule has 1 fully saturated rings. The Hall–Kier alpha value is -0.0900. The molecule has 0 aliphatic heterocycles. The fourth-order valence-corrected chi connectivity index (χ4v) is 3.98. The summed E-state index contributed by atoms with van der Waals surface area (Å²) in [6.07, 6.45) is 5.07. The number of nitrogens with one attached hydrogen (secondary N) is 1. The molecule has 1 heterocycles. The highest BCUT2D eigenvalue weighted by atomic mass is 35.5. The van der Waals surface area contributed by atoms with Crippen molar-refractivity contribution in [2.45, 2.75) is 38.6 Å². The lowest BCUT2D eigenvalue weighted by Gasteiger charge is -2.33. The van der Waals surface area contributed by atoms with Crippen LogP contribution in [0.1, 0.15) is 43.5 Å². The Morgan fingerprint density at radius 2 is 2.20 bits per heavy atom. The van der Waals surface area contributed by atoms with E-state index in [1.165, 1.54) is 30.6 Å². The van der Waals surface area contributed by atoms with Crippen molar-refractivity contribution in [3.05, 3.63) is 21.3 Å². The Balaban J connectivity index is 2.27. The van der Waals surface area contributed by atoms with E-state index in [4.69, 9.17) is 17.4 Å². The highest BCUT2D eigenvalue weighted by Gasteiger charge is 2.38. The van der Waals surface area contributed by atoms with Crippen molar-refractivity contribution in [1.29, 1.82) is 0 Å². The fraction of sp³-hybridized carbons (Fsp3) is 0.636. The van der Waals surface area contributed by atoms with E-state index >= 15 is 0 Å². The summed E-state index contributed by atoms with van der Waals surface area (Å²) in [4.78, 5) is 1.18. The summed E-state index contributed by atoms with van der Waals surface area (Å²) in [7, 11) is 0. The van der Waals surface area contributed by atoms with E-state index in [1.54, 1.807) is 11.3 Å². The molecule has 15 heavy (non-hydrogen) atoms. The smallest absolute Gasteiger partial charge is 0.0621 e. The average Bonchev–Trinajstić information content (AvgIpc) is 2.79. The van der Waals surface area contributed by atoms with Gasteiger partial charge in [0.15, 0.2) is 0 Å². The van der Waals surface area contributed by atoms with Gasteiger partial charge in [-0.2, -0.15) is 0 Å². The summed E-state index contributed by atoms with van der Waals surface area (Å²) >= 11 is 7.86. The van der Waals surface area contributed by atoms with Gasteiger partial charge in [-0.15, -0.1) is 11.3 Å². The van der Waals surface area contributed by atoms with Gasteiger partial charge in [-0.3, -0.25) is 11.3 Å². The lowest BCUT2D eigenvalue weighted by Crippen LogP contribution is -2.38. The van der Waals surface area contributed by atoms with Crippen molar-refractivity contribution in [1.82, 2.24) is 5.43 Å². The van der Waals surface area contributed by atoms with Crippen LogP contribution in [0.2, 0.25) is 5.02 Å². The summed E-state index contributed by atoms with van der Waals surface area (Å²) < 4.78 is 0. The van der Waals surface area contributed by atoms with Gasteiger partial charge in [0.05, 0.1) is 11.1 Å². The van der Waals surface area contributed by atoms with Crippen LogP contribution in [-0.2, 0) is 0 Å². The molecule has 1 aliphatic carbocycles. The highest BCUT2D eigenvalue weighted by molar-refractivity contribution is 7.10. The van der Waals surface area contributed by atoms with Crippen molar-refractivity contribution >= 4 is 22.9 Å². The van der Waals surface area contributed by atoms with E-state index in [1.807, 2.05) is 11.4 Å². The Morgan fingerprint density at radius 1 is 1.53 bits per heavy atom. The predicted molar refractivity (Wildman–Crippen MR) is 66.0 cm³/mol. The molecule has 84 valence electrons. The first-order valence-corrected chi connectivity index (χ1v) is 6.62. The maximum absolute atomic E-state index is 6.17. The second-order valence-corrected chi connectivity index (χ2v) is 5.95. The molecule has 0 spiro atoms. The zero-order chi connectivity index (χ0) is 10.9. The minimum atomic E-state index is 0.201. The van der Waals surface area contributed by atoms with Gasteiger partial charge in [0.1, 0.15) is 0 Å². The number of hydrogen-bond donors (Lipinski definition) is 2. The molecule has 0 saturated heterocycles. The number of hydrazine groups is 1. The summed E-state index contributed by atoms with van der Waals surface area (Å²) in [5, 5.41) is 2.87. The zero-order valence-electron chi connectivity index (χ0n) is 8.92. The van der Waals surface area contributed by atoms with E-state index in [2.05, 4.69) is 12.3 Å². The molecule has 4 heteroatoms. The van der Waals surface area contributed by atoms with Crippen molar-refractivity contribution in [2.24, 2.45) is 11.3 Å². The van der Waals surface area contributed by atoms with E-state index in [9.17, 15) is 0 Å². The second-order valence-electron chi connectivity index (χ2n) is 4.59. The molecule has 1 unspecified atom stereocenters. The molecule has 3 N–H and O–H groups in total. The van der Waals surface area contributed by atoms with Gasteiger partial charge in [-0.05, 0) is 29.7 Å². The molecule has 0 aromatic carbocycles. The molecular formula is C11H17ClN2S. The fourth-order valence-electron chi connectivity index (χ4n) is 2.58. The maximum Gasteiger partial charge on any atom is 0.0621 e. The average molecular weight is 245 g/mol. The van der Waals surface area contributed by atoms with E-state index in [-0.39, 0.29) is 11.5 Å². The summed E-state index contributed by atoms with van der Waals surface area (Å²) in [6.45, 7) is 2.31.